The average Bonchev–Trinajstić information content (AvgIpc) is 2.98. The number of H-pyrrole nitrogens is 1. The molecule has 3 aromatic rings. The molecule has 2 heterocycles. The molecule has 0 spiro atoms. The van der Waals surface area contributed by atoms with Gasteiger partial charge in [0.1, 0.15) is 0 Å². The Labute approximate surface area is 118 Å². The number of benzene rings is 1. The van der Waals surface area contributed by atoms with E-state index in [1.54, 1.807) is 13.0 Å². The molecule has 8 heteroatoms. The first-order chi connectivity index (χ1) is 10.0. The Bertz CT molecular complexity index is 874. The molecule has 108 valence electrons. The van der Waals surface area contributed by atoms with Crippen LogP contribution in [-0.4, -0.2) is 30.8 Å². The summed E-state index contributed by atoms with van der Waals surface area (Å²) in [4.78, 5) is 29.7. The van der Waals surface area contributed by atoms with Crippen LogP contribution < -0.4 is 5.69 Å². The highest BCUT2D eigenvalue weighted by molar-refractivity contribution is 5.92. The van der Waals surface area contributed by atoms with Gasteiger partial charge in [-0.05, 0) is 18.2 Å². The Morgan fingerprint density at radius 3 is 2.95 bits per heavy atom. The smallest absolute Gasteiger partial charge is 0.335 e. The van der Waals surface area contributed by atoms with Crippen molar-refractivity contribution in [2.45, 2.75) is 19.9 Å². The molecule has 2 N–H and O–H groups in total. The molecule has 0 unspecified atom stereocenters. The molecule has 0 aliphatic heterocycles. The fourth-order valence-electron chi connectivity index (χ4n) is 2.16. The second-order valence-electron chi connectivity index (χ2n) is 4.60. The molecular weight excluding hydrogens is 276 g/mol. The number of fused-ring (bicyclic) bond motifs is 1. The van der Waals surface area contributed by atoms with E-state index in [0.717, 1.165) is 0 Å². The Balaban J connectivity index is 1.96. The Hall–Kier alpha value is -2.90. The van der Waals surface area contributed by atoms with Gasteiger partial charge in [-0.1, -0.05) is 5.16 Å². The summed E-state index contributed by atoms with van der Waals surface area (Å²) in [5, 5.41) is 12.8. The molecule has 0 aliphatic carbocycles. The van der Waals surface area contributed by atoms with Crippen LogP contribution in [0.3, 0.4) is 0 Å². The molecule has 0 saturated carbocycles. The summed E-state index contributed by atoms with van der Waals surface area (Å²) in [6.45, 7) is 2.02. The van der Waals surface area contributed by atoms with Crippen molar-refractivity contribution in [3.63, 3.8) is 0 Å². The van der Waals surface area contributed by atoms with Gasteiger partial charge in [0, 0.05) is 19.9 Å². The lowest BCUT2D eigenvalue weighted by Crippen LogP contribution is -2.18. The largest absolute Gasteiger partial charge is 0.478 e. The number of nitrogens with zero attached hydrogens (tertiary/aromatic N) is 3. The van der Waals surface area contributed by atoms with Crippen LogP contribution in [0.25, 0.3) is 11.0 Å². The predicted octanol–water partition coefficient (Wildman–Crippen LogP) is 0.962. The van der Waals surface area contributed by atoms with Crippen molar-refractivity contribution in [2.75, 3.05) is 0 Å². The lowest BCUT2D eigenvalue weighted by Gasteiger charge is -2.01. The highest BCUT2D eigenvalue weighted by Gasteiger charge is 2.11. The first-order valence-corrected chi connectivity index (χ1v) is 6.29. The van der Waals surface area contributed by atoms with Crippen molar-refractivity contribution >= 4 is 17.0 Å². The minimum atomic E-state index is -1.04. The van der Waals surface area contributed by atoms with Crippen LogP contribution in [0.1, 0.15) is 22.1 Å². The van der Waals surface area contributed by atoms with Crippen molar-refractivity contribution in [3.05, 3.63) is 46.0 Å². The van der Waals surface area contributed by atoms with Gasteiger partial charge in [-0.3, -0.25) is 4.57 Å². The summed E-state index contributed by atoms with van der Waals surface area (Å²) in [6, 6.07) is 4.50. The van der Waals surface area contributed by atoms with E-state index >= 15 is 0 Å². The monoisotopic (exact) mass is 288 g/mol. The number of aryl methyl sites for hydroxylation is 3. The number of imidazole rings is 1. The summed E-state index contributed by atoms with van der Waals surface area (Å²) in [5.41, 5.74) is 0.966. The Kier molecular flexibility index (Phi) is 3.05. The van der Waals surface area contributed by atoms with E-state index in [0.29, 0.717) is 35.7 Å². The number of hydrogen-bond donors (Lipinski definition) is 2. The normalized spacial score (nSPS) is 11.1. The number of nitrogens with one attached hydrogen (secondary N) is 1. The lowest BCUT2D eigenvalue weighted by atomic mass is 10.2. The molecule has 0 bridgehead atoms. The molecule has 0 aliphatic rings. The third-order valence-corrected chi connectivity index (χ3v) is 3.15. The zero-order chi connectivity index (χ0) is 15.0. The fourth-order valence-corrected chi connectivity index (χ4v) is 2.16. The lowest BCUT2D eigenvalue weighted by molar-refractivity contribution is 0.0697. The quantitative estimate of drug-likeness (QED) is 0.739. The van der Waals surface area contributed by atoms with Crippen molar-refractivity contribution in [2.24, 2.45) is 0 Å². The summed E-state index contributed by atoms with van der Waals surface area (Å²) in [7, 11) is 0. The van der Waals surface area contributed by atoms with Crippen LogP contribution in [0.2, 0.25) is 0 Å². The number of aromatic amines is 1. The van der Waals surface area contributed by atoms with Gasteiger partial charge in [-0.15, -0.1) is 0 Å². The second kappa shape index (κ2) is 4.89. The molecular formula is C13H12N4O4. The molecule has 0 fully saturated rings. The van der Waals surface area contributed by atoms with Crippen LogP contribution in [0, 0.1) is 6.92 Å². The van der Waals surface area contributed by atoms with Crippen LogP contribution in [0.4, 0.5) is 0 Å². The van der Waals surface area contributed by atoms with Crippen LogP contribution in [0.15, 0.2) is 27.5 Å². The first kappa shape index (κ1) is 13.1. The van der Waals surface area contributed by atoms with Crippen molar-refractivity contribution in [1.29, 1.82) is 0 Å². The summed E-state index contributed by atoms with van der Waals surface area (Å²) >= 11 is 0. The zero-order valence-electron chi connectivity index (χ0n) is 11.2. The van der Waals surface area contributed by atoms with Gasteiger partial charge in [0.15, 0.2) is 5.82 Å². The van der Waals surface area contributed by atoms with E-state index in [9.17, 15) is 9.59 Å². The molecule has 0 amide bonds. The summed E-state index contributed by atoms with van der Waals surface area (Å²) in [6.07, 6.45) is 0.418. The molecule has 3 rings (SSSR count). The van der Waals surface area contributed by atoms with Crippen LogP contribution >= 0.6 is 0 Å². The summed E-state index contributed by atoms with van der Waals surface area (Å²) in [5.74, 6) is -0.0709. The van der Waals surface area contributed by atoms with E-state index in [4.69, 9.17) is 9.63 Å². The van der Waals surface area contributed by atoms with Crippen LogP contribution in [-0.2, 0) is 13.0 Å². The third kappa shape index (κ3) is 2.42. The first-order valence-electron chi connectivity index (χ1n) is 6.29. The number of aromatic nitrogens is 4. The number of carbonyl (C=O) groups is 1. The van der Waals surface area contributed by atoms with Gasteiger partial charge in [0.25, 0.3) is 0 Å². The standard InChI is InChI=1S/C13H12N4O4/c1-7-14-11(16-21-7)4-5-17-10-6-8(12(18)19)2-3-9(10)15-13(17)20/h2-3,6H,4-5H2,1H3,(H,15,20)(H,18,19). The van der Waals surface area contributed by atoms with Gasteiger partial charge in [0.05, 0.1) is 16.6 Å². The minimum absolute atomic E-state index is 0.130. The molecule has 2 aromatic heterocycles. The van der Waals surface area contributed by atoms with Gasteiger partial charge >= 0.3 is 11.7 Å². The van der Waals surface area contributed by atoms with Gasteiger partial charge in [-0.2, -0.15) is 4.98 Å². The number of aromatic carboxylic acids is 1. The van der Waals surface area contributed by atoms with Crippen molar-refractivity contribution < 1.29 is 14.4 Å². The topological polar surface area (TPSA) is 114 Å². The highest BCUT2D eigenvalue weighted by atomic mass is 16.5. The maximum Gasteiger partial charge on any atom is 0.335 e. The number of rotatable bonds is 4. The Morgan fingerprint density at radius 1 is 1.48 bits per heavy atom. The third-order valence-electron chi connectivity index (χ3n) is 3.15. The van der Waals surface area contributed by atoms with E-state index in [2.05, 4.69) is 15.1 Å². The predicted molar refractivity (Wildman–Crippen MR) is 72.3 cm³/mol. The zero-order valence-corrected chi connectivity index (χ0v) is 11.2. The number of carboxylic acid groups (broad SMARTS) is 1. The minimum Gasteiger partial charge on any atom is -0.478 e. The maximum absolute atomic E-state index is 11.9. The molecule has 0 atom stereocenters. The molecule has 21 heavy (non-hydrogen) atoms. The Morgan fingerprint density at radius 2 is 2.29 bits per heavy atom. The maximum atomic E-state index is 11.9. The molecule has 8 nitrogen and oxygen atoms in total. The SMILES string of the molecule is Cc1nc(CCn2c(=O)[nH]c3ccc(C(=O)O)cc32)no1. The van der Waals surface area contributed by atoms with Crippen LogP contribution in [0.5, 0.6) is 0 Å². The van der Waals surface area contributed by atoms with Crippen molar-refractivity contribution in [3.8, 4) is 0 Å². The second-order valence-corrected chi connectivity index (χ2v) is 4.60. The van der Waals surface area contributed by atoms with Gasteiger partial charge < -0.3 is 14.6 Å². The molecule has 0 saturated heterocycles. The van der Waals surface area contributed by atoms with E-state index in [-0.39, 0.29) is 11.3 Å². The van der Waals surface area contributed by atoms with Gasteiger partial charge in [0.2, 0.25) is 5.89 Å². The average molecular weight is 288 g/mol. The number of hydrogen-bond acceptors (Lipinski definition) is 5. The van der Waals surface area contributed by atoms with Gasteiger partial charge in [-0.25, -0.2) is 9.59 Å². The fraction of sp³-hybridized carbons (Fsp3) is 0.231. The van der Waals surface area contributed by atoms with E-state index in [1.165, 1.54) is 16.7 Å². The highest BCUT2D eigenvalue weighted by Crippen LogP contribution is 2.13. The molecule has 0 radical (unpaired) electrons. The van der Waals surface area contributed by atoms with E-state index in [1.807, 2.05) is 0 Å². The summed E-state index contributed by atoms with van der Waals surface area (Å²) < 4.78 is 6.33. The van der Waals surface area contributed by atoms with E-state index < -0.39 is 5.97 Å². The number of carboxylic acids is 1. The van der Waals surface area contributed by atoms with Crippen molar-refractivity contribution in [1.82, 2.24) is 19.7 Å². The molecule has 1 aromatic carbocycles.